The number of oxazole rings is 1. The number of nitrogen functional groups attached to an aromatic ring is 1. The number of ether oxygens (including phenoxy) is 1. The summed E-state index contributed by atoms with van der Waals surface area (Å²) in [6.45, 7) is 2.03. The number of anilines is 1. The molecule has 19 heavy (non-hydrogen) atoms. The van der Waals surface area contributed by atoms with E-state index in [9.17, 15) is 4.21 Å². The predicted octanol–water partition coefficient (Wildman–Crippen LogP) is 2.09. The molecule has 0 bridgehead atoms. The molecule has 3 rings (SSSR count). The van der Waals surface area contributed by atoms with Crippen molar-refractivity contribution >= 4 is 27.6 Å². The summed E-state index contributed by atoms with van der Waals surface area (Å²) in [5.41, 5.74) is 7.53. The number of hydrogen-bond donors (Lipinski definition) is 1. The Morgan fingerprint density at radius 1 is 1.47 bits per heavy atom. The number of hydrogen-bond acceptors (Lipinski definition) is 5. The maximum Gasteiger partial charge on any atom is 0.288 e. The zero-order chi connectivity index (χ0) is 13.4. The summed E-state index contributed by atoms with van der Waals surface area (Å²) in [6.07, 6.45) is 2.26. The molecule has 1 aromatic carbocycles. The number of fused-ring (bicyclic) bond motifs is 1. The van der Waals surface area contributed by atoms with Crippen LogP contribution in [-0.2, 0) is 15.5 Å². The van der Waals surface area contributed by atoms with Crippen molar-refractivity contribution in [2.45, 2.75) is 37.2 Å². The molecule has 2 aromatic rings. The highest BCUT2D eigenvalue weighted by atomic mass is 32.2. The first-order chi connectivity index (χ1) is 9.11. The van der Waals surface area contributed by atoms with Crippen LogP contribution in [0.1, 0.15) is 19.8 Å². The summed E-state index contributed by atoms with van der Waals surface area (Å²) in [4.78, 5) is 4.24. The molecule has 6 heteroatoms. The monoisotopic (exact) mass is 280 g/mol. The summed E-state index contributed by atoms with van der Waals surface area (Å²) in [5.74, 6) is 0.437. The van der Waals surface area contributed by atoms with E-state index in [0.717, 1.165) is 12.8 Å². The van der Waals surface area contributed by atoms with Crippen LogP contribution in [0.25, 0.3) is 11.1 Å². The quantitative estimate of drug-likeness (QED) is 0.871. The van der Waals surface area contributed by atoms with Gasteiger partial charge >= 0.3 is 0 Å². The third kappa shape index (κ3) is 2.64. The van der Waals surface area contributed by atoms with Crippen molar-refractivity contribution < 1.29 is 13.4 Å². The van der Waals surface area contributed by atoms with E-state index in [0.29, 0.717) is 22.5 Å². The second-order valence-electron chi connectivity index (χ2n) is 4.87. The Morgan fingerprint density at radius 3 is 3.05 bits per heavy atom. The minimum absolute atomic E-state index is 0.0379. The van der Waals surface area contributed by atoms with E-state index in [2.05, 4.69) is 4.98 Å². The molecule has 1 aromatic heterocycles. The average Bonchev–Trinajstić information content (AvgIpc) is 2.95. The van der Waals surface area contributed by atoms with Gasteiger partial charge in [0.2, 0.25) is 0 Å². The lowest BCUT2D eigenvalue weighted by molar-refractivity contribution is 0.0693. The third-order valence-electron chi connectivity index (χ3n) is 3.24. The van der Waals surface area contributed by atoms with E-state index < -0.39 is 10.8 Å². The molecule has 3 unspecified atom stereocenters. The van der Waals surface area contributed by atoms with Gasteiger partial charge in [-0.1, -0.05) is 0 Å². The van der Waals surface area contributed by atoms with Gasteiger partial charge in [0, 0.05) is 11.8 Å². The fourth-order valence-corrected chi connectivity index (χ4v) is 3.37. The molecular formula is C13H16N2O3S. The van der Waals surface area contributed by atoms with Gasteiger partial charge in [0.15, 0.2) is 5.58 Å². The topological polar surface area (TPSA) is 78.4 Å². The molecule has 0 spiro atoms. The van der Waals surface area contributed by atoms with Gasteiger partial charge in [-0.05, 0) is 31.9 Å². The molecule has 5 nitrogen and oxygen atoms in total. The van der Waals surface area contributed by atoms with Crippen LogP contribution in [-0.4, -0.2) is 27.2 Å². The molecule has 2 heterocycles. The molecule has 0 radical (unpaired) electrons. The van der Waals surface area contributed by atoms with Crippen LogP contribution in [0.15, 0.2) is 27.8 Å². The van der Waals surface area contributed by atoms with Gasteiger partial charge in [0.05, 0.1) is 18.0 Å². The number of nitrogens with two attached hydrogens (primary N) is 1. The Morgan fingerprint density at radius 2 is 2.32 bits per heavy atom. The molecule has 1 aliphatic heterocycles. The van der Waals surface area contributed by atoms with Gasteiger partial charge < -0.3 is 14.9 Å². The number of rotatable bonds is 3. The maximum absolute atomic E-state index is 12.2. The van der Waals surface area contributed by atoms with E-state index in [-0.39, 0.29) is 17.4 Å². The number of benzene rings is 1. The lowest BCUT2D eigenvalue weighted by Crippen LogP contribution is -2.17. The Balaban J connectivity index is 1.78. The minimum atomic E-state index is -1.27. The largest absolute Gasteiger partial charge is 0.430 e. The van der Waals surface area contributed by atoms with E-state index in [1.54, 1.807) is 18.2 Å². The first kappa shape index (κ1) is 12.6. The second-order valence-corrected chi connectivity index (χ2v) is 6.24. The van der Waals surface area contributed by atoms with Gasteiger partial charge in [-0.15, -0.1) is 0 Å². The molecule has 102 valence electrons. The molecular weight excluding hydrogens is 264 g/mol. The SMILES string of the molecule is CC1CCC(CS(=O)c2nc3ccc(N)cc3o2)O1. The summed E-state index contributed by atoms with van der Waals surface area (Å²) >= 11 is 0. The van der Waals surface area contributed by atoms with Crippen molar-refractivity contribution in [2.24, 2.45) is 0 Å². The van der Waals surface area contributed by atoms with E-state index in [4.69, 9.17) is 14.9 Å². The Hall–Kier alpha value is -1.40. The fraction of sp³-hybridized carbons (Fsp3) is 0.462. The smallest absolute Gasteiger partial charge is 0.288 e. The molecule has 3 atom stereocenters. The van der Waals surface area contributed by atoms with Crippen LogP contribution in [0.4, 0.5) is 5.69 Å². The van der Waals surface area contributed by atoms with Crippen LogP contribution in [0.5, 0.6) is 0 Å². The molecule has 0 amide bonds. The van der Waals surface area contributed by atoms with Crippen molar-refractivity contribution in [3.63, 3.8) is 0 Å². The molecule has 0 saturated carbocycles. The van der Waals surface area contributed by atoms with Crippen molar-refractivity contribution in [1.29, 1.82) is 0 Å². The first-order valence-corrected chi connectivity index (χ1v) is 7.63. The summed E-state index contributed by atoms with van der Waals surface area (Å²) in [7, 11) is -1.27. The normalized spacial score (nSPS) is 24.9. The van der Waals surface area contributed by atoms with Gasteiger partial charge in [0.1, 0.15) is 16.3 Å². The van der Waals surface area contributed by atoms with Gasteiger partial charge in [0.25, 0.3) is 5.22 Å². The van der Waals surface area contributed by atoms with E-state index in [1.807, 2.05) is 6.92 Å². The van der Waals surface area contributed by atoms with Crippen molar-refractivity contribution in [3.05, 3.63) is 18.2 Å². The average molecular weight is 280 g/mol. The molecule has 2 N–H and O–H groups in total. The summed E-state index contributed by atoms with van der Waals surface area (Å²) < 4.78 is 23.4. The summed E-state index contributed by atoms with van der Waals surface area (Å²) in [5, 5.41) is 0.253. The third-order valence-corrected chi connectivity index (χ3v) is 4.48. The van der Waals surface area contributed by atoms with Gasteiger partial charge in [-0.25, -0.2) is 9.19 Å². The van der Waals surface area contributed by atoms with Gasteiger partial charge in [-0.3, -0.25) is 0 Å². The standard InChI is InChI=1S/C13H16N2O3S/c1-8-2-4-10(17-8)7-19(16)13-15-11-5-3-9(14)6-12(11)18-13/h3,5-6,8,10H,2,4,7,14H2,1H3. The van der Waals surface area contributed by atoms with Crippen molar-refractivity contribution in [3.8, 4) is 0 Å². The van der Waals surface area contributed by atoms with Crippen molar-refractivity contribution in [2.75, 3.05) is 11.5 Å². The summed E-state index contributed by atoms with van der Waals surface area (Å²) in [6, 6.07) is 5.21. The van der Waals surface area contributed by atoms with Gasteiger partial charge in [-0.2, -0.15) is 0 Å². The highest BCUT2D eigenvalue weighted by Crippen LogP contribution is 2.24. The second kappa shape index (κ2) is 4.94. The van der Waals surface area contributed by atoms with Crippen LogP contribution < -0.4 is 5.73 Å². The van der Waals surface area contributed by atoms with Crippen LogP contribution in [0, 0.1) is 0 Å². The van der Waals surface area contributed by atoms with Crippen LogP contribution >= 0.6 is 0 Å². The zero-order valence-electron chi connectivity index (χ0n) is 10.7. The Bertz CT molecular complexity index is 625. The maximum atomic E-state index is 12.2. The van der Waals surface area contributed by atoms with E-state index in [1.165, 1.54) is 0 Å². The molecule has 0 aliphatic carbocycles. The van der Waals surface area contributed by atoms with Crippen LogP contribution in [0.3, 0.4) is 0 Å². The van der Waals surface area contributed by atoms with Crippen molar-refractivity contribution in [1.82, 2.24) is 4.98 Å². The lowest BCUT2D eigenvalue weighted by atomic mass is 10.2. The highest BCUT2D eigenvalue weighted by molar-refractivity contribution is 7.84. The zero-order valence-corrected chi connectivity index (χ0v) is 11.5. The lowest BCUT2D eigenvalue weighted by Gasteiger charge is -2.08. The minimum Gasteiger partial charge on any atom is -0.430 e. The molecule has 1 fully saturated rings. The molecule has 1 saturated heterocycles. The Kier molecular flexibility index (Phi) is 3.28. The fourth-order valence-electron chi connectivity index (χ4n) is 2.27. The number of aromatic nitrogens is 1. The van der Waals surface area contributed by atoms with E-state index >= 15 is 0 Å². The molecule has 1 aliphatic rings. The predicted molar refractivity (Wildman–Crippen MR) is 73.3 cm³/mol. The highest BCUT2D eigenvalue weighted by Gasteiger charge is 2.25. The van der Waals surface area contributed by atoms with Crippen LogP contribution in [0.2, 0.25) is 0 Å². The number of nitrogens with zero attached hydrogens (tertiary/aromatic N) is 1. The first-order valence-electron chi connectivity index (χ1n) is 6.32. The Labute approximate surface area is 113 Å².